The third kappa shape index (κ3) is 3.91. The molecule has 1 aromatic heterocycles. The predicted molar refractivity (Wildman–Crippen MR) is 97.8 cm³/mol. The molecule has 2 aromatic rings. The molecule has 1 N–H and O–H groups in total. The minimum Gasteiger partial charge on any atom is -0.339 e. The van der Waals surface area contributed by atoms with Gasteiger partial charge in [-0.05, 0) is 37.8 Å². The van der Waals surface area contributed by atoms with Crippen LogP contribution in [-0.2, 0) is 0 Å². The fourth-order valence-electron chi connectivity index (χ4n) is 2.65. The zero-order valence-electron chi connectivity index (χ0n) is 15.1. The van der Waals surface area contributed by atoms with Gasteiger partial charge in [0, 0.05) is 31.2 Å². The lowest BCUT2D eigenvalue weighted by molar-refractivity contribution is 0.0772. The molecule has 5 nitrogen and oxygen atoms in total. The van der Waals surface area contributed by atoms with Gasteiger partial charge in [-0.3, -0.25) is 4.79 Å². The molecule has 0 aliphatic rings. The van der Waals surface area contributed by atoms with Crippen molar-refractivity contribution in [2.75, 3.05) is 18.4 Å². The third-order valence-electron chi connectivity index (χ3n) is 4.11. The Bertz CT molecular complexity index is 691. The van der Waals surface area contributed by atoms with Crippen LogP contribution in [0, 0.1) is 6.92 Å². The van der Waals surface area contributed by atoms with E-state index in [1.54, 1.807) is 17.3 Å². The number of nitrogens with one attached hydrogen (secondary N) is 1. The van der Waals surface area contributed by atoms with E-state index >= 15 is 0 Å². The van der Waals surface area contributed by atoms with Crippen LogP contribution >= 0.6 is 0 Å². The molecule has 0 bridgehead atoms. The fourth-order valence-corrected chi connectivity index (χ4v) is 2.65. The Morgan fingerprint density at radius 2 is 1.79 bits per heavy atom. The Hall–Kier alpha value is -2.43. The summed E-state index contributed by atoms with van der Waals surface area (Å²) in [4.78, 5) is 22.7. The Kier molecular flexibility index (Phi) is 5.90. The second-order valence-electron chi connectivity index (χ2n) is 6.09. The van der Waals surface area contributed by atoms with Crippen molar-refractivity contribution >= 4 is 17.5 Å². The lowest BCUT2D eigenvalue weighted by atomic mass is 9.98. The van der Waals surface area contributed by atoms with Crippen LogP contribution in [-0.4, -0.2) is 33.9 Å². The van der Waals surface area contributed by atoms with E-state index in [-0.39, 0.29) is 5.91 Å². The Balaban J connectivity index is 2.23. The largest absolute Gasteiger partial charge is 0.339 e. The second-order valence-corrected chi connectivity index (χ2v) is 6.09. The summed E-state index contributed by atoms with van der Waals surface area (Å²) < 4.78 is 0. The molecule has 0 fully saturated rings. The van der Waals surface area contributed by atoms with E-state index in [0.29, 0.717) is 30.5 Å². The molecule has 1 aromatic carbocycles. The van der Waals surface area contributed by atoms with E-state index in [9.17, 15) is 4.79 Å². The van der Waals surface area contributed by atoms with Gasteiger partial charge in [0.1, 0.15) is 0 Å². The molecule has 0 saturated carbocycles. The summed E-state index contributed by atoms with van der Waals surface area (Å²) in [6, 6.07) is 6.23. The molecule has 1 amide bonds. The summed E-state index contributed by atoms with van der Waals surface area (Å²) in [6.07, 6.45) is 3.17. The lowest BCUT2D eigenvalue weighted by Gasteiger charge is -2.18. The van der Waals surface area contributed by atoms with E-state index < -0.39 is 0 Å². The highest BCUT2D eigenvalue weighted by Crippen LogP contribution is 2.29. The maximum absolute atomic E-state index is 12.3. The van der Waals surface area contributed by atoms with Crippen LogP contribution in [0.15, 0.2) is 30.6 Å². The average molecular weight is 326 g/mol. The number of anilines is 2. The van der Waals surface area contributed by atoms with Crippen molar-refractivity contribution in [3.05, 3.63) is 47.3 Å². The van der Waals surface area contributed by atoms with Crippen molar-refractivity contribution in [1.82, 2.24) is 14.9 Å². The van der Waals surface area contributed by atoms with Gasteiger partial charge >= 0.3 is 0 Å². The van der Waals surface area contributed by atoms with E-state index in [2.05, 4.69) is 54.3 Å². The molecule has 24 heavy (non-hydrogen) atoms. The Morgan fingerprint density at radius 3 is 2.33 bits per heavy atom. The second kappa shape index (κ2) is 7.90. The van der Waals surface area contributed by atoms with Crippen LogP contribution < -0.4 is 5.32 Å². The SMILES string of the molecule is CCN(CC)C(=O)c1cnc(Nc2c(C)cccc2C(C)C)nc1. The highest BCUT2D eigenvalue weighted by atomic mass is 16.2. The first-order valence-corrected chi connectivity index (χ1v) is 8.45. The molecule has 0 unspecified atom stereocenters. The summed E-state index contributed by atoms with van der Waals surface area (Å²) in [5.74, 6) is 0.864. The maximum Gasteiger partial charge on any atom is 0.256 e. The highest BCUT2D eigenvalue weighted by molar-refractivity contribution is 5.93. The first kappa shape index (κ1) is 17.9. The number of hydrogen-bond acceptors (Lipinski definition) is 4. The van der Waals surface area contributed by atoms with Crippen LogP contribution in [0.25, 0.3) is 0 Å². The molecule has 0 radical (unpaired) electrons. The Labute approximate surface area is 144 Å². The van der Waals surface area contributed by atoms with Crippen LogP contribution in [0.4, 0.5) is 11.6 Å². The highest BCUT2D eigenvalue weighted by Gasteiger charge is 2.14. The van der Waals surface area contributed by atoms with Gasteiger partial charge in [0.15, 0.2) is 0 Å². The van der Waals surface area contributed by atoms with Gasteiger partial charge in [-0.15, -0.1) is 0 Å². The number of carbonyl (C=O) groups excluding carboxylic acids is 1. The number of carbonyl (C=O) groups is 1. The number of aromatic nitrogens is 2. The van der Waals surface area contributed by atoms with E-state index in [0.717, 1.165) is 11.3 Å². The van der Waals surface area contributed by atoms with Gasteiger partial charge in [0.25, 0.3) is 5.91 Å². The normalized spacial score (nSPS) is 10.8. The molecule has 2 rings (SSSR count). The first-order chi connectivity index (χ1) is 11.5. The third-order valence-corrected chi connectivity index (χ3v) is 4.11. The van der Waals surface area contributed by atoms with Gasteiger partial charge in [0.05, 0.1) is 5.56 Å². The van der Waals surface area contributed by atoms with Crippen molar-refractivity contribution in [3.8, 4) is 0 Å². The van der Waals surface area contributed by atoms with Gasteiger partial charge in [-0.2, -0.15) is 0 Å². The fraction of sp³-hybridized carbons (Fsp3) is 0.421. The van der Waals surface area contributed by atoms with Crippen molar-refractivity contribution < 1.29 is 4.79 Å². The number of aryl methyl sites for hydroxylation is 1. The summed E-state index contributed by atoms with van der Waals surface area (Å²) in [5, 5.41) is 3.30. The van der Waals surface area contributed by atoms with Gasteiger partial charge in [-0.1, -0.05) is 32.0 Å². The summed E-state index contributed by atoms with van der Waals surface area (Å²) in [6.45, 7) is 11.7. The molecule has 0 aliphatic heterocycles. The molecule has 1 heterocycles. The van der Waals surface area contributed by atoms with Gasteiger partial charge in [-0.25, -0.2) is 9.97 Å². The average Bonchev–Trinajstić information content (AvgIpc) is 2.58. The summed E-state index contributed by atoms with van der Waals surface area (Å²) >= 11 is 0. The predicted octanol–water partition coefficient (Wildman–Crippen LogP) is 4.13. The summed E-state index contributed by atoms with van der Waals surface area (Å²) in [7, 11) is 0. The van der Waals surface area contributed by atoms with E-state index in [1.165, 1.54) is 5.56 Å². The smallest absolute Gasteiger partial charge is 0.256 e. The monoisotopic (exact) mass is 326 g/mol. The molecule has 0 spiro atoms. The van der Waals surface area contributed by atoms with Crippen molar-refractivity contribution in [2.45, 2.75) is 40.5 Å². The van der Waals surface area contributed by atoms with E-state index in [4.69, 9.17) is 0 Å². The minimum absolute atomic E-state index is 0.0367. The number of para-hydroxylation sites is 1. The minimum atomic E-state index is -0.0367. The van der Waals surface area contributed by atoms with Crippen LogP contribution in [0.3, 0.4) is 0 Å². The van der Waals surface area contributed by atoms with Crippen LogP contribution in [0.1, 0.15) is 55.1 Å². The Morgan fingerprint density at radius 1 is 1.17 bits per heavy atom. The number of nitrogens with zero attached hydrogens (tertiary/aromatic N) is 3. The zero-order valence-corrected chi connectivity index (χ0v) is 15.1. The van der Waals surface area contributed by atoms with Gasteiger partial charge in [0.2, 0.25) is 5.95 Å². The number of benzene rings is 1. The lowest BCUT2D eigenvalue weighted by Crippen LogP contribution is -2.30. The van der Waals surface area contributed by atoms with Gasteiger partial charge < -0.3 is 10.2 Å². The number of hydrogen-bond donors (Lipinski definition) is 1. The first-order valence-electron chi connectivity index (χ1n) is 8.45. The van der Waals surface area contributed by atoms with Crippen molar-refractivity contribution in [1.29, 1.82) is 0 Å². The molecule has 5 heteroatoms. The quantitative estimate of drug-likeness (QED) is 0.867. The molecule has 0 saturated heterocycles. The van der Waals surface area contributed by atoms with E-state index in [1.807, 2.05) is 13.8 Å². The number of rotatable bonds is 6. The van der Waals surface area contributed by atoms with Crippen molar-refractivity contribution in [2.24, 2.45) is 0 Å². The van der Waals surface area contributed by atoms with Crippen LogP contribution in [0.2, 0.25) is 0 Å². The molecule has 0 atom stereocenters. The van der Waals surface area contributed by atoms with Crippen LogP contribution in [0.5, 0.6) is 0 Å². The number of amides is 1. The topological polar surface area (TPSA) is 58.1 Å². The zero-order chi connectivity index (χ0) is 17.7. The van der Waals surface area contributed by atoms with Crippen molar-refractivity contribution in [3.63, 3.8) is 0 Å². The molecule has 0 aliphatic carbocycles. The maximum atomic E-state index is 12.3. The standard InChI is InChI=1S/C19H26N4O/c1-6-23(7-2)18(24)15-11-20-19(21-12-15)22-17-14(5)9-8-10-16(17)13(3)4/h8-13H,6-7H2,1-5H3,(H,20,21,22). The molecule has 128 valence electrons. The molecular weight excluding hydrogens is 300 g/mol. The molecular formula is C19H26N4O. The summed E-state index contributed by atoms with van der Waals surface area (Å²) in [5.41, 5.74) is 3.92.